The highest BCUT2D eigenvalue weighted by Gasteiger charge is 2.19. The van der Waals surface area contributed by atoms with E-state index < -0.39 is 0 Å². The molecule has 1 aromatic rings. The Morgan fingerprint density at radius 2 is 2.06 bits per heavy atom. The summed E-state index contributed by atoms with van der Waals surface area (Å²) in [5.41, 5.74) is 2.49. The predicted octanol–water partition coefficient (Wildman–Crippen LogP) is 4.19. The highest BCUT2D eigenvalue weighted by molar-refractivity contribution is 9.10. The molecule has 0 saturated heterocycles. The minimum atomic E-state index is 0.422. The van der Waals surface area contributed by atoms with Crippen LogP contribution in [-0.2, 0) is 6.54 Å². The molecule has 1 aliphatic rings. The maximum Gasteiger partial charge on any atom is 0.127 e. The van der Waals surface area contributed by atoms with Crippen molar-refractivity contribution in [2.45, 2.75) is 52.2 Å². The van der Waals surface area contributed by atoms with Gasteiger partial charge in [-0.05, 0) is 56.8 Å². The minimum absolute atomic E-state index is 0.422. The number of hydrogen-bond acceptors (Lipinski definition) is 2. The number of halogens is 1. The largest absolute Gasteiger partial charge is 0.490 e. The van der Waals surface area contributed by atoms with Crippen LogP contribution in [0.25, 0.3) is 0 Å². The Balaban J connectivity index is 2.18. The Hall–Kier alpha value is -0.540. The van der Waals surface area contributed by atoms with Crippen molar-refractivity contribution in [1.29, 1.82) is 0 Å². The van der Waals surface area contributed by atoms with Gasteiger partial charge in [0.25, 0.3) is 0 Å². The van der Waals surface area contributed by atoms with Gasteiger partial charge in [-0.25, -0.2) is 0 Å². The molecular weight excluding hydrogens is 290 g/mol. The van der Waals surface area contributed by atoms with Crippen molar-refractivity contribution in [2.24, 2.45) is 0 Å². The van der Waals surface area contributed by atoms with Crippen molar-refractivity contribution in [1.82, 2.24) is 5.32 Å². The summed E-state index contributed by atoms with van der Waals surface area (Å²) in [5.74, 6) is 1.09. The Morgan fingerprint density at radius 1 is 1.33 bits per heavy atom. The van der Waals surface area contributed by atoms with Gasteiger partial charge in [-0.15, -0.1) is 0 Å². The molecule has 2 rings (SSSR count). The summed E-state index contributed by atoms with van der Waals surface area (Å²) < 4.78 is 7.36. The first-order chi connectivity index (χ1) is 8.70. The smallest absolute Gasteiger partial charge is 0.127 e. The van der Waals surface area contributed by atoms with Gasteiger partial charge in [-0.2, -0.15) is 0 Å². The van der Waals surface area contributed by atoms with Gasteiger partial charge in [0.05, 0.1) is 6.10 Å². The fourth-order valence-electron chi connectivity index (χ4n) is 2.53. The van der Waals surface area contributed by atoms with E-state index >= 15 is 0 Å². The van der Waals surface area contributed by atoms with Crippen molar-refractivity contribution in [3.63, 3.8) is 0 Å². The average Bonchev–Trinajstić information content (AvgIpc) is 2.83. The van der Waals surface area contributed by atoms with Crippen molar-refractivity contribution in [2.75, 3.05) is 6.54 Å². The van der Waals surface area contributed by atoms with E-state index in [9.17, 15) is 0 Å². The maximum absolute atomic E-state index is 6.23. The second-order valence-electron chi connectivity index (χ2n) is 5.02. The van der Waals surface area contributed by atoms with E-state index in [0.29, 0.717) is 6.10 Å². The van der Waals surface area contributed by atoms with Crippen LogP contribution in [0.15, 0.2) is 16.6 Å². The predicted molar refractivity (Wildman–Crippen MR) is 79.1 cm³/mol. The number of hydrogen-bond donors (Lipinski definition) is 1. The van der Waals surface area contributed by atoms with Crippen LogP contribution in [0.2, 0.25) is 0 Å². The molecule has 0 amide bonds. The van der Waals surface area contributed by atoms with Gasteiger partial charge in [0.15, 0.2) is 0 Å². The monoisotopic (exact) mass is 311 g/mol. The molecule has 2 nitrogen and oxygen atoms in total. The minimum Gasteiger partial charge on any atom is -0.490 e. The molecule has 0 heterocycles. The fraction of sp³-hybridized carbons (Fsp3) is 0.600. The molecule has 3 heteroatoms. The number of nitrogens with one attached hydrogen (secondary N) is 1. The van der Waals surface area contributed by atoms with Crippen LogP contribution >= 0.6 is 15.9 Å². The first-order valence-corrected chi connectivity index (χ1v) is 7.66. The standard InChI is InChI=1S/C15H22BrNO/c1-3-17-10-12-9-13(16)8-11(2)15(12)18-14-6-4-5-7-14/h8-9,14,17H,3-7,10H2,1-2H3. The van der Waals surface area contributed by atoms with Gasteiger partial charge >= 0.3 is 0 Å². The lowest BCUT2D eigenvalue weighted by atomic mass is 10.1. The maximum atomic E-state index is 6.23. The molecule has 18 heavy (non-hydrogen) atoms. The van der Waals surface area contributed by atoms with Crippen molar-refractivity contribution in [3.8, 4) is 5.75 Å². The molecule has 0 spiro atoms. The van der Waals surface area contributed by atoms with E-state index in [4.69, 9.17) is 4.74 Å². The third kappa shape index (κ3) is 3.48. The van der Waals surface area contributed by atoms with Crippen LogP contribution in [0.3, 0.4) is 0 Å². The molecule has 1 aliphatic carbocycles. The molecule has 1 aromatic carbocycles. The lowest BCUT2D eigenvalue weighted by Gasteiger charge is -2.19. The molecule has 0 bridgehead atoms. The third-order valence-electron chi connectivity index (χ3n) is 3.47. The average molecular weight is 312 g/mol. The highest BCUT2D eigenvalue weighted by atomic mass is 79.9. The quantitative estimate of drug-likeness (QED) is 0.880. The lowest BCUT2D eigenvalue weighted by molar-refractivity contribution is 0.206. The van der Waals surface area contributed by atoms with Gasteiger partial charge in [0.2, 0.25) is 0 Å². The topological polar surface area (TPSA) is 21.3 Å². The first-order valence-electron chi connectivity index (χ1n) is 6.87. The Kier molecular flexibility index (Phi) is 5.07. The summed E-state index contributed by atoms with van der Waals surface area (Å²) in [6, 6.07) is 4.31. The third-order valence-corrected chi connectivity index (χ3v) is 3.93. The van der Waals surface area contributed by atoms with Gasteiger partial charge in [0.1, 0.15) is 5.75 Å². The normalized spacial score (nSPS) is 16.2. The van der Waals surface area contributed by atoms with E-state index in [1.807, 2.05) is 0 Å². The number of rotatable bonds is 5. The Morgan fingerprint density at radius 3 is 2.72 bits per heavy atom. The number of aryl methyl sites for hydroxylation is 1. The van der Waals surface area contributed by atoms with Crippen molar-refractivity contribution in [3.05, 3.63) is 27.7 Å². The van der Waals surface area contributed by atoms with E-state index in [-0.39, 0.29) is 0 Å². The van der Waals surface area contributed by atoms with Crippen LogP contribution in [-0.4, -0.2) is 12.6 Å². The van der Waals surface area contributed by atoms with Gasteiger partial charge in [-0.3, -0.25) is 0 Å². The molecule has 0 unspecified atom stereocenters. The van der Waals surface area contributed by atoms with Crippen LogP contribution in [0.4, 0.5) is 0 Å². The molecule has 0 radical (unpaired) electrons. The summed E-state index contributed by atoms with van der Waals surface area (Å²) >= 11 is 3.57. The molecule has 0 aliphatic heterocycles. The molecule has 0 atom stereocenters. The first kappa shape index (κ1) is 13.9. The van der Waals surface area contributed by atoms with E-state index in [1.54, 1.807) is 0 Å². The zero-order chi connectivity index (χ0) is 13.0. The van der Waals surface area contributed by atoms with Crippen LogP contribution in [0, 0.1) is 6.92 Å². The molecule has 1 fully saturated rings. The SMILES string of the molecule is CCNCc1cc(Br)cc(C)c1OC1CCCC1. The van der Waals surface area contributed by atoms with Crippen molar-refractivity contribution < 1.29 is 4.74 Å². The molecular formula is C15H22BrNO. The van der Waals surface area contributed by atoms with Gasteiger partial charge in [-0.1, -0.05) is 22.9 Å². The van der Waals surface area contributed by atoms with E-state index in [0.717, 1.165) is 23.3 Å². The zero-order valence-corrected chi connectivity index (χ0v) is 12.8. The molecule has 1 saturated carbocycles. The molecule has 0 aromatic heterocycles. The second kappa shape index (κ2) is 6.58. The highest BCUT2D eigenvalue weighted by Crippen LogP contribution is 2.32. The summed E-state index contributed by atoms with van der Waals surface area (Å²) in [4.78, 5) is 0. The second-order valence-corrected chi connectivity index (χ2v) is 5.93. The number of ether oxygens (including phenoxy) is 1. The summed E-state index contributed by atoms with van der Waals surface area (Å²) in [7, 11) is 0. The van der Waals surface area contributed by atoms with Crippen molar-refractivity contribution >= 4 is 15.9 Å². The Labute approximate surface area is 118 Å². The van der Waals surface area contributed by atoms with Gasteiger partial charge in [0, 0.05) is 16.6 Å². The Bertz CT molecular complexity index is 400. The van der Waals surface area contributed by atoms with E-state index in [2.05, 4.69) is 47.2 Å². The number of benzene rings is 1. The van der Waals surface area contributed by atoms with Crippen LogP contribution in [0.5, 0.6) is 5.75 Å². The molecule has 1 N–H and O–H groups in total. The molecule has 100 valence electrons. The van der Waals surface area contributed by atoms with Crippen LogP contribution < -0.4 is 10.1 Å². The zero-order valence-electron chi connectivity index (χ0n) is 11.3. The van der Waals surface area contributed by atoms with Gasteiger partial charge < -0.3 is 10.1 Å². The summed E-state index contributed by atoms with van der Waals surface area (Å²) in [6.45, 7) is 6.11. The fourth-order valence-corrected chi connectivity index (χ4v) is 3.15. The van der Waals surface area contributed by atoms with Crippen LogP contribution in [0.1, 0.15) is 43.7 Å². The lowest BCUT2D eigenvalue weighted by Crippen LogP contribution is -2.17. The van der Waals surface area contributed by atoms with E-state index in [1.165, 1.54) is 36.8 Å². The summed E-state index contributed by atoms with van der Waals surface area (Å²) in [5, 5.41) is 3.38. The summed E-state index contributed by atoms with van der Waals surface area (Å²) in [6.07, 6.45) is 5.45.